The number of benzene rings is 1. The third-order valence-corrected chi connectivity index (χ3v) is 4.32. The van der Waals surface area contributed by atoms with Gasteiger partial charge in [0.2, 0.25) is 0 Å². The number of aromatic hydroxyl groups is 2. The molecular weight excluding hydrogens is 444 g/mol. The summed E-state index contributed by atoms with van der Waals surface area (Å²) >= 11 is 0. The summed E-state index contributed by atoms with van der Waals surface area (Å²) in [6.45, 7) is 0.940. The van der Waals surface area contributed by atoms with Crippen molar-refractivity contribution >= 4 is 41.1 Å². The fraction of sp³-hybridized carbons (Fsp3) is 0.105. The molecule has 6 N–H and O–H groups in total. The molecule has 1 aromatic carbocycles. The van der Waals surface area contributed by atoms with Crippen molar-refractivity contribution in [1.82, 2.24) is 16.0 Å². The van der Waals surface area contributed by atoms with Gasteiger partial charge in [-0.2, -0.15) is 0 Å². The molecular formula is C19H14N4O10. The van der Waals surface area contributed by atoms with Crippen LogP contribution in [0.2, 0.25) is 0 Å². The molecule has 0 spiro atoms. The van der Waals surface area contributed by atoms with Crippen molar-refractivity contribution < 1.29 is 43.4 Å². The van der Waals surface area contributed by atoms with Gasteiger partial charge in [-0.05, 0) is 25.1 Å². The molecule has 0 saturated carbocycles. The first kappa shape index (κ1) is 22.7. The van der Waals surface area contributed by atoms with Crippen LogP contribution in [0.15, 0.2) is 33.5 Å². The SMILES string of the molecule is CC(=O)c1c(O)c(C(=O)Nc2cccc(C(=O)NC3C(=O)NC(=O)NC3=O)c2)c(O)oc1=O. The fourth-order valence-corrected chi connectivity index (χ4v) is 2.82. The highest BCUT2D eigenvalue weighted by molar-refractivity contribution is 6.20. The van der Waals surface area contributed by atoms with Crippen LogP contribution in [0.5, 0.6) is 11.7 Å². The van der Waals surface area contributed by atoms with E-state index in [1.54, 1.807) is 0 Å². The van der Waals surface area contributed by atoms with Crippen LogP contribution in [0.3, 0.4) is 0 Å². The first-order chi connectivity index (χ1) is 15.5. The number of anilines is 1. The number of carbonyl (C=O) groups is 6. The molecule has 1 saturated heterocycles. The molecule has 0 atom stereocenters. The molecule has 2 aromatic rings. The first-order valence-corrected chi connectivity index (χ1v) is 8.97. The second-order valence-electron chi connectivity index (χ2n) is 6.60. The fourth-order valence-electron chi connectivity index (χ4n) is 2.82. The molecule has 0 unspecified atom stereocenters. The average molecular weight is 458 g/mol. The van der Waals surface area contributed by atoms with Gasteiger partial charge < -0.3 is 25.3 Å². The predicted molar refractivity (Wildman–Crippen MR) is 106 cm³/mol. The van der Waals surface area contributed by atoms with Crippen molar-refractivity contribution in [3.63, 3.8) is 0 Å². The number of nitrogens with one attached hydrogen (secondary N) is 4. The molecule has 1 aromatic heterocycles. The molecule has 14 nitrogen and oxygen atoms in total. The van der Waals surface area contributed by atoms with Gasteiger partial charge in [0.25, 0.3) is 23.6 Å². The third-order valence-electron chi connectivity index (χ3n) is 4.32. The maximum atomic E-state index is 12.5. The first-order valence-electron chi connectivity index (χ1n) is 8.97. The summed E-state index contributed by atoms with van der Waals surface area (Å²) in [5.41, 5.74) is -3.24. The molecule has 0 aliphatic carbocycles. The van der Waals surface area contributed by atoms with E-state index in [0.29, 0.717) is 0 Å². The molecule has 0 bridgehead atoms. The van der Waals surface area contributed by atoms with Crippen molar-refractivity contribution in [2.45, 2.75) is 13.0 Å². The zero-order valence-electron chi connectivity index (χ0n) is 16.5. The Bertz CT molecular complexity index is 1280. The van der Waals surface area contributed by atoms with E-state index in [4.69, 9.17) is 0 Å². The summed E-state index contributed by atoms with van der Waals surface area (Å²) in [5.74, 6) is -7.42. The standard InChI is InChI=1S/C19H14N4O10/c1-6(24)9-12(25)10(18(31)33-17(9)30)14(27)20-8-4-2-3-7(5-8)13(26)21-11-15(28)22-19(32)23-16(11)29/h2-5,11,25,31H,1H3,(H,20,27)(H,21,26)(H2,22,23,28,29,32). The lowest BCUT2D eigenvalue weighted by Gasteiger charge is -2.21. The normalized spacial score (nSPS) is 13.7. The number of hydrogen-bond donors (Lipinski definition) is 6. The number of imide groups is 2. The van der Waals surface area contributed by atoms with Gasteiger partial charge in [-0.1, -0.05) is 6.07 Å². The minimum Gasteiger partial charge on any atom is -0.506 e. The topological polar surface area (TPSA) is 221 Å². The van der Waals surface area contributed by atoms with Gasteiger partial charge in [0, 0.05) is 11.3 Å². The van der Waals surface area contributed by atoms with E-state index < -0.39 is 69.9 Å². The number of ketones is 1. The predicted octanol–water partition coefficient (Wildman–Crippen LogP) is -1.03. The molecule has 1 aliphatic heterocycles. The van der Waals surface area contributed by atoms with Crippen LogP contribution in [-0.2, 0) is 9.59 Å². The third kappa shape index (κ3) is 4.53. The Hall–Kier alpha value is -5.01. The van der Waals surface area contributed by atoms with E-state index in [1.165, 1.54) is 18.2 Å². The Labute approximate surface area is 182 Å². The van der Waals surface area contributed by atoms with Gasteiger partial charge in [-0.3, -0.25) is 34.6 Å². The highest BCUT2D eigenvalue weighted by Crippen LogP contribution is 2.29. The second kappa shape index (κ2) is 8.62. The van der Waals surface area contributed by atoms with Crippen molar-refractivity contribution in [2.24, 2.45) is 0 Å². The Kier molecular flexibility index (Phi) is 5.92. The highest BCUT2D eigenvalue weighted by Gasteiger charge is 2.35. The van der Waals surface area contributed by atoms with E-state index in [-0.39, 0.29) is 11.3 Å². The van der Waals surface area contributed by atoms with Crippen LogP contribution in [0.1, 0.15) is 38.0 Å². The van der Waals surface area contributed by atoms with Gasteiger partial charge in [-0.15, -0.1) is 0 Å². The zero-order chi connectivity index (χ0) is 24.4. The molecule has 170 valence electrons. The van der Waals surface area contributed by atoms with Crippen molar-refractivity contribution in [3.05, 3.63) is 51.4 Å². The lowest BCUT2D eigenvalue weighted by molar-refractivity contribution is -0.132. The molecule has 3 rings (SSSR count). The number of carbonyl (C=O) groups excluding carboxylic acids is 6. The Morgan fingerprint density at radius 2 is 1.61 bits per heavy atom. The van der Waals surface area contributed by atoms with Crippen LogP contribution >= 0.6 is 0 Å². The maximum absolute atomic E-state index is 12.5. The molecule has 2 heterocycles. The Balaban J connectivity index is 1.82. The van der Waals surface area contributed by atoms with Gasteiger partial charge in [0.05, 0.1) is 0 Å². The summed E-state index contributed by atoms with van der Waals surface area (Å²) in [4.78, 5) is 82.7. The lowest BCUT2D eigenvalue weighted by Crippen LogP contribution is -2.64. The zero-order valence-corrected chi connectivity index (χ0v) is 16.5. The maximum Gasteiger partial charge on any atom is 0.353 e. The van der Waals surface area contributed by atoms with Gasteiger partial charge >= 0.3 is 17.6 Å². The van der Waals surface area contributed by atoms with E-state index in [1.807, 2.05) is 10.6 Å². The number of Topliss-reactive ketones (excluding diaryl/α,β-unsaturated/α-hetero) is 1. The van der Waals surface area contributed by atoms with E-state index >= 15 is 0 Å². The minimum absolute atomic E-state index is 0.0465. The average Bonchev–Trinajstić information content (AvgIpc) is 2.69. The quantitative estimate of drug-likeness (QED) is 0.236. The summed E-state index contributed by atoms with van der Waals surface area (Å²) in [6.07, 6.45) is 0. The van der Waals surface area contributed by atoms with Crippen molar-refractivity contribution in [2.75, 3.05) is 5.32 Å². The molecule has 1 fully saturated rings. The van der Waals surface area contributed by atoms with Crippen molar-refractivity contribution in [3.8, 4) is 11.7 Å². The Morgan fingerprint density at radius 1 is 0.970 bits per heavy atom. The smallest absolute Gasteiger partial charge is 0.353 e. The van der Waals surface area contributed by atoms with Crippen LogP contribution in [0.25, 0.3) is 0 Å². The second-order valence-corrected chi connectivity index (χ2v) is 6.60. The molecule has 0 radical (unpaired) electrons. The number of barbiturate groups is 1. The molecule has 6 amide bonds. The van der Waals surface area contributed by atoms with Gasteiger partial charge in [0.15, 0.2) is 23.1 Å². The van der Waals surface area contributed by atoms with Gasteiger partial charge in [-0.25, -0.2) is 9.59 Å². The summed E-state index contributed by atoms with van der Waals surface area (Å²) in [6, 6.07) is 2.32. The number of amides is 6. The van der Waals surface area contributed by atoms with Crippen molar-refractivity contribution in [1.29, 1.82) is 0 Å². The van der Waals surface area contributed by atoms with Crippen LogP contribution in [0, 0.1) is 0 Å². The monoisotopic (exact) mass is 458 g/mol. The van der Waals surface area contributed by atoms with E-state index in [9.17, 15) is 43.8 Å². The van der Waals surface area contributed by atoms with Gasteiger partial charge in [0.1, 0.15) is 5.56 Å². The largest absolute Gasteiger partial charge is 0.506 e. The molecule has 1 aliphatic rings. The minimum atomic E-state index is -1.68. The molecule has 33 heavy (non-hydrogen) atoms. The summed E-state index contributed by atoms with van der Waals surface area (Å²) in [7, 11) is 0. The highest BCUT2D eigenvalue weighted by atomic mass is 16.5. The number of rotatable bonds is 5. The summed E-state index contributed by atoms with van der Waals surface area (Å²) in [5, 5.41) is 27.8. The Morgan fingerprint density at radius 3 is 2.21 bits per heavy atom. The summed E-state index contributed by atoms with van der Waals surface area (Å²) < 4.78 is 4.41. The molecule has 14 heteroatoms. The van der Waals surface area contributed by atoms with Crippen LogP contribution in [0.4, 0.5) is 10.5 Å². The van der Waals surface area contributed by atoms with E-state index in [0.717, 1.165) is 13.0 Å². The lowest BCUT2D eigenvalue weighted by atomic mass is 10.1. The van der Waals surface area contributed by atoms with Crippen LogP contribution in [-0.4, -0.2) is 51.7 Å². The number of hydrogen-bond acceptors (Lipinski definition) is 10. The van der Waals surface area contributed by atoms with E-state index in [2.05, 4.69) is 15.1 Å². The number of urea groups is 1. The van der Waals surface area contributed by atoms with Crippen LogP contribution < -0.4 is 26.9 Å².